The van der Waals surface area contributed by atoms with Crippen molar-refractivity contribution < 1.29 is 9.72 Å². The number of aldehydes is 1. The zero-order chi connectivity index (χ0) is 19.5. The molecule has 0 atom stereocenters. The summed E-state index contributed by atoms with van der Waals surface area (Å²) >= 11 is 0. The van der Waals surface area contributed by atoms with Crippen LogP contribution >= 0.6 is 0 Å². The first kappa shape index (κ1) is 18.1. The van der Waals surface area contributed by atoms with Gasteiger partial charge in [-0.05, 0) is 38.1 Å². The Bertz CT molecular complexity index is 1030. The van der Waals surface area contributed by atoms with Gasteiger partial charge in [0.2, 0.25) is 0 Å². The van der Waals surface area contributed by atoms with E-state index in [-0.39, 0.29) is 5.69 Å². The van der Waals surface area contributed by atoms with Crippen molar-refractivity contribution in [2.75, 3.05) is 31.5 Å². The Morgan fingerprint density at radius 3 is 2.86 bits per heavy atom. The fourth-order valence-electron chi connectivity index (χ4n) is 3.54. The van der Waals surface area contributed by atoms with Crippen LogP contribution in [0.25, 0.3) is 22.4 Å². The van der Waals surface area contributed by atoms with Crippen LogP contribution in [0, 0.1) is 10.1 Å². The average Bonchev–Trinajstić information content (AvgIpc) is 3.35. The molecule has 1 aliphatic rings. The van der Waals surface area contributed by atoms with Gasteiger partial charge in [0.1, 0.15) is 5.82 Å². The van der Waals surface area contributed by atoms with Crippen molar-refractivity contribution in [1.29, 1.82) is 0 Å². The summed E-state index contributed by atoms with van der Waals surface area (Å²) in [5.41, 5.74) is 1.32. The first-order valence-corrected chi connectivity index (χ1v) is 9.20. The summed E-state index contributed by atoms with van der Waals surface area (Å²) in [4.78, 5) is 36.5. The van der Waals surface area contributed by atoms with Gasteiger partial charge in [0.05, 0.1) is 16.2 Å². The van der Waals surface area contributed by atoms with Crippen LogP contribution in [0.4, 0.5) is 11.5 Å². The van der Waals surface area contributed by atoms with E-state index in [2.05, 4.69) is 25.2 Å². The van der Waals surface area contributed by atoms with Gasteiger partial charge in [-0.2, -0.15) is 0 Å². The van der Waals surface area contributed by atoms with Crippen molar-refractivity contribution in [3.8, 4) is 11.5 Å². The topological polar surface area (TPSA) is 117 Å². The zero-order valence-corrected chi connectivity index (χ0v) is 15.2. The summed E-state index contributed by atoms with van der Waals surface area (Å²) in [6.45, 7) is 4.01. The van der Waals surface area contributed by atoms with E-state index in [0.29, 0.717) is 40.1 Å². The molecule has 0 unspecified atom stereocenters. The molecular formula is C19H20N6O3. The Morgan fingerprint density at radius 2 is 2.11 bits per heavy atom. The number of nitrogens with zero attached hydrogens (tertiary/aromatic N) is 4. The number of aromatic nitrogens is 3. The van der Waals surface area contributed by atoms with Crippen LogP contribution < -0.4 is 5.32 Å². The van der Waals surface area contributed by atoms with Crippen LogP contribution in [0.15, 0.2) is 30.5 Å². The number of non-ortho nitro benzene ring substituents is 1. The number of H-pyrrole nitrogens is 1. The molecule has 0 radical (unpaired) electrons. The molecule has 0 spiro atoms. The van der Waals surface area contributed by atoms with Crippen molar-refractivity contribution in [2.24, 2.45) is 0 Å². The summed E-state index contributed by atoms with van der Waals surface area (Å²) < 4.78 is 0. The summed E-state index contributed by atoms with van der Waals surface area (Å²) in [5.74, 6) is 1.04. The third-order valence-corrected chi connectivity index (χ3v) is 4.96. The molecule has 2 aromatic heterocycles. The number of rotatable bonds is 7. The van der Waals surface area contributed by atoms with Crippen LogP contribution in [0.2, 0.25) is 0 Å². The molecule has 4 rings (SSSR count). The van der Waals surface area contributed by atoms with E-state index in [4.69, 9.17) is 0 Å². The van der Waals surface area contributed by atoms with Gasteiger partial charge in [0.15, 0.2) is 12.1 Å². The second-order valence-electron chi connectivity index (χ2n) is 6.76. The lowest BCUT2D eigenvalue weighted by Gasteiger charge is -2.15. The summed E-state index contributed by atoms with van der Waals surface area (Å²) in [7, 11) is 0. The Labute approximate surface area is 160 Å². The number of nitro benzene ring substituents is 1. The molecule has 2 N–H and O–H groups in total. The highest BCUT2D eigenvalue weighted by Gasteiger charge is 2.18. The molecule has 9 heteroatoms. The molecule has 3 aromatic rings. The standard InChI is InChI=1S/C19H20N6O3/c26-12-15-14-11-13(25(27)28)3-4-16(14)22-18(15)19-21-6-5-17(23-19)20-7-10-24-8-1-2-9-24/h3-6,11-12,22H,1-2,7-10H2,(H,20,21,23). The lowest BCUT2D eigenvalue weighted by molar-refractivity contribution is -0.384. The second kappa shape index (κ2) is 7.73. The maximum atomic E-state index is 11.7. The van der Waals surface area contributed by atoms with Gasteiger partial charge in [-0.25, -0.2) is 9.97 Å². The molecule has 0 saturated carbocycles. The fraction of sp³-hybridized carbons (Fsp3) is 0.316. The molecule has 28 heavy (non-hydrogen) atoms. The number of carbonyl (C=O) groups excluding carboxylic acids is 1. The Morgan fingerprint density at radius 1 is 1.29 bits per heavy atom. The average molecular weight is 380 g/mol. The van der Waals surface area contributed by atoms with E-state index in [1.165, 1.54) is 25.0 Å². The third kappa shape index (κ3) is 3.56. The van der Waals surface area contributed by atoms with E-state index < -0.39 is 4.92 Å². The molecule has 1 aromatic carbocycles. The molecule has 1 saturated heterocycles. The predicted octanol–water partition coefficient (Wildman–Crippen LogP) is 2.85. The van der Waals surface area contributed by atoms with E-state index in [1.807, 2.05) is 0 Å². The molecule has 3 heterocycles. The van der Waals surface area contributed by atoms with Gasteiger partial charge in [-0.1, -0.05) is 0 Å². The number of nitrogens with one attached hydrogen (secondary N) is 2. The van der Waals surface area contributed by atoms with Crippen LogP contribution in [0.3, 0.4) is 0 Å². The Balaban J connectivity index is 1.60. The van der Waals surface area contributed by atoms with E-state index >= 15 is 0 Å². The van der Waals surface area contributed by atoms with Crippen LogP contribution in [0.5, 0.6) is 0 Å². The minimum absolute atomic E-state index is 0.0700. The van der Waals surface area contributed by atoms with Crippen LogP contribution in [0.1, 0.15) is 23.2 Å². The monoisotopic (exact) mass is 380 g/mol. The predicted molar refractivity (Wildman–Crippen MR) is 106 cm³/mol. The van der Waals surface area contributed by atoms with Gasteiger partial charge >= 0.3 is 0 Å². The van der Waals surface area contributed by atoms with Crippen molar-refractivity contribution in [3.05, 3.63) is 46.1 Å². The molecule has 0 aliphatic carbocycles. The molecule has 9 nitrogen and oxygen atoms in total. The quantitative estimate of drug-likeness (QED) is 0.368. The van der Waals surface area contributed by atoms with Crippen molar-refractivity contribution in [3.63, 3.8) is 0 Å². The molecule has 0 bridgehead atoms. The fourth-order valence-corrected chi connectivity index (χ4v) is 3.54. The number of anilines is 1. The molecule has 1 fully saturated rings. The van der Waals surface area contributed by atoms with Gasteiger partial charge in [0.25, 0.3) is 5.69 Å². The first-order chi connectivity index (χ1) is 13.7. The lowest BCUT2D eigenvalue weighted by Crippen LogP contribution is -2.26. The van der Waals surface area contributed by atoms with E-state index in [9.17, 15) is 14.9 Å². The molecule has 1 aliphatic heterocycles. The van der Waals surface area contributed by atoms with Gasteiger partial charge in [0, 0.05) is 42.3 Å². The lowest BCUT2D eigenvalue weighted by atomic mass is 10.1. The maximum Gasteiger partial charge on any atom is 0.270 e. The Hall–Kier alpha value is -3.33. The van der Waals surface area contributed by atoms with Crippen LogP contribution in [-0.2, 0) is 0 Å². The van der Waals surface area contributed by atoms with Crippen molar-refractivity contribution in [2.45, 2.75) is 12.8 Å². The van der Waals surface area contributed by atoms with E-state index in [0.717, 1.165) is 26.2 Å². The van der Waals surface area contributed by atoms with E-state index in [1.54, 1.807) is 18.3 Å². The van der Waals surface area contributed by atoms with Gasteiger partial charge in [-0.15, -0.1) is 0 Å². The van der Waals surface area contributed by atoms with Crippen LogP contribution in [-0.4, -0.2) is 57.2 Å². The molecule has 144 valence electrons. The van der Waals surface area contributed by atoms with Gasteiger partial charge < -0.3 is 15.2 Å². The number of likely N-dealkylation sites (tertiary alicyclic amines) is 1. The number of aromatic amines is 1. The number of nitro groups is 1. The summed E-state index contributed by atoms with van der Waals surface area (Å²) in [6.07, 6.45) is 4.81. The number of hydrogen-bond acceptors (Lipinski definition) is 7. The minimum atomic E-state index is -0.484. The summed E-state index contributed by atoms with van der Waals surface area (Å²) in [5, 5.41) is 14.8. The number of fused-ring (bicyclic) bond motifs is 1. The summed E-state index contributed by atoms with van der Waals surface area (Å²) in [6, 6.07) is 6.15. The van der Waals surface area contributed by atoms with Crippen molar-refractivity contribution in [1.82, 2.24) is 19.9 Å². The highest BCUT2D eigenvalue weighted by molar-refractivity contribution is 6.04. The van der Waals surface area contributed by atoms with Crippen molar-refractivity contribution >= 4 is 28.7 Å². The normalized spacial score (nSPS) is 14.4. The number of hydrogen-bond donors (Lipinski definition) is 2. The minimum Gasteiger partial charge on any atom is -0.369 e. The molecule has 0 amide bonds. The maximum absolute atomic E-state index is 11.7. The highest BCUT2D eigenvalue weighted by atomic mass is 16.6. The first-order valence-electron chi connectivity index (χ1n) is 9.20. The SMILES string of the molecule is O=Cc1c(-c2nccc(NCCN3CCCC3)n2)[nH]c2ccc([N+](=O)[O-])cc12. The zero-order valence-electron chi connectivity index (χ0n) is 15.2. The molecular weight excluding hydrogens is 360 g/mol. The third-order valence-electron chi connectivity index (χ3n) is 4.96. The number of benzene rings is 1. The number of carbonyl (C=O) groups is 1. The Kier molecular flexibility index (Phi) is 4.98. The van der Waals surface area contributed by atoms with Gasteiger partial charge in [-0.3, -0.25) is 14.9 Å². The smallest absolute Gasteiger partial charge is 0.270 e. The highest BCUT2D eigenvalue weighted by Crippen LogP contribution is 2.30. The second-order valence-corrected chi connectivity index (χ2v) is 6.76. The largest absolute Gasteiger partial charge is 0.369 e.